The Balaban J connectivity index is 1.95. The van der Waals surface area contributed by atoms with Crippen LogP contribution in [-0.2, 0) is 4.74 Å². The highest BCUT2D eigenvalue weighted by Gasteiger charge is 2.27. The van der Waals surface area contributed by atoms with E-state index in [0.29, 0.717) is 12.0 Å². The van der Waals surface area contributed by atoms with Crippen molar-refractivity contribution in [3.05, 3.63) is 24.1 Å². The summed E-state index contributed by atoms with van der Waals surface area (Å²) in [4.78, 5) is 0. The summed E-state index contributed by atoms with van der Waals surface area (Å²) in [6.07, 6.45) is 7.37. The van der Waals surface area contributed by atoms with Crippen LogP contribution in [0, 0.1) is 11.8 Å². The van der Waals surface area contributed by atoms with Gasteiger partial charge in [-0.25, -0.2) is 4.39 Å². The number of hydrogen-bond donors (Lipinski definition) is 0. The lowest BCUT2D eigenvalue weighted by molar-refractivity contribution is -0.0618. The molecule has 0 bridgehead atoms. The molecule has 3 heteroatoms. The van der Waals surface area contributed by atoms with Gasteiger partial charge < -0.3 is 4.74 Å². The molecule has 1 fully saturated rings. The highest BCUT2D eigenvalue weighted by Crippen LogP contribution is 2.31. The van der Waals surface area contributed by atoms with Gasteiger partial charge in [-0.15, -0.1) is 11.6 Å². The Kier molecular flexibility index (Phi) is 3.24. The van der Waals surface area contributed by atoms with E-state index in [9.17, 15) is 4.39 Å². The molecule has 1 aliphatic carbocycles. The van der Waals surface area contributed by atoms with Crippen LogP contribution in [-0.4, -0.2) is 18.6 Å². The van der Waals surface area contributed by atoms with Crippen LogP contribution < -0.4 is 0 Å². The number of halogens is 2. The first-order valence-electron chi connectivity index (χ1n) is 5.02. The molecule has 2 aliphatic rings. The summed E-state index contributed by atoms with van der Waals surface area (Å²) in [7, 11) is 0. The minimum absolute atomic E-state index is 0.143. The zero-order chi connectivity index (χ0) is 9.97. The van der Waals surface area contributed by atoms with E-state index in [1.165, 1.54) is 6.08 Å². The van der Waals surface area contributed by atoms with Crippen LogP contribution in [0.15, 0.2) is 24.1 Å². The van der Waals surface area contributed by atoms with E-state index in [1.807, 2.05) is 6.08 Å². The minimum atomic E-state index is -0.143. The number of alkyl halides is 1. The topological polar surface area (TPSA) is 9.23 Å². The molecule has 1 nitrogen and oxygen atoms in total. The lowest BCUT2D eigenvalue weighted by Gasteiger charge is -2.32. The maximum Gasteiger partial charge on any atom is 0.119 e. The summed E-state index contributed by atoms with van der Waals surface area (Å²) >= 11 is 5.82. The SMILES string of the molecule is FC1=C[C@H](CC2CCO2)C(CCl)C=C1. The standard InChI is InChI=1S/C11H14ClFO/c12-7-8-1-2-10(13)5-9(8)6-11-3-4-14-11/h1-2,5,8-9,11H,3-4,6-7H2/t8?,9-,11?/m1/s1. The van der Waals surface area contributed by atoms with Gasteiger partial charge in [-0.3, -0.25) is 0 Å². The van der Waals surface area contributed by atoms with Crippen LogP contribution in [0.25, 0.3) is 0 Å². The van der Waals surface area contributed by atoms with Gasteiger partial charge in [0.2, 0.25) is 0 Å². The molecule has 1 saturated heterocycles. The Morgan fingerprint density at radius 2 is 2.29 bits per heavy atom. The average molecular weight is 217 g/mol. The van der Waals surface area contributed by atoms with Crippen LogP contribution in [0.3, 0.4) is 0 Å². The molecule has 14 heavy (non-hydrogen) atoms. The predicted octanol–water partition coefficient (Wildman–Crippen LogP) is 3.06. The van der Waals surface area contributed by atoms with Gasteiger partial charge in [-0.1, -0.05) is 6.08 Å². The second-order valence-corrected chi connectivity index (χ2v) is 4.22. The van der Waals surface area contributed by atoms with E-state index in [1.54, 1.807) is 6.08 Å². The lowest BCUT2D eigenvalue weighted by atomic mass is 9.84. The molecular weight excluding hydrogens is 203 g/mol. The van der Waals surface area contributed by atoms with Crippen molar-refractivity contribution in [1.29, 1.82) is 0 Å². The third-order valence-corrected chi connectivity index (χ3v) is 3.29. The van der Waals surface area contributed by atoms with Crippen LogP contribution in [0.4, 0.5) is 4.39 Å². The number of rotatable bonds is 3. The highest BCUT2D eigenvalue weighted by atomic mass is 35.5. The third-order valence-electron chi connectivity index (χ3n) is 2.93. The zero-order valence-electron chi connectivity index (χ0n) is 7.96. The fourth-order valence-corrected chi connectivity index (χ4v) is 2.26. The summed E-state index contributed by atoms with van der Waals surface area (Å²) in [6, 6.07) is 0. The Labute approximate surface area is 88.6 Å². The van der Waals surface area contributed by atoms with Crippen LogP contribution in [0.5, 0.6) is 0 Å². The van der Waals surface area contributed by atoms with Crippen LogP contribution >= 0.6 is 11.6 Å². The summed E-state index contributed by atoms with van der Waals surface area (Å²) < 4.78 is 18.3. The van der Waals surface area contributed by atoms with Gasteiger partial charge in [0.05, 0.1) is 6.10 Å². The Hall–Kier alpha value is -0.340. The molecule has 1 aliphatic heterocycles. The largest absolute Gasteiger partial charge is 0.378 e. The monoisotopic (exact) mass is 216 g/mol. The second kappa shape index (κ2) is 4.45. The van der Waals surface area contributed by atoms with Crippen molar-refractivity contribution in [2.24, 2.45) is 11.8 Å². The molecule has 3 atom stereocenters. The minimum Gasteiger partial charge on any atom is -0.378 e. The smallest absolute Gasteiger partial charge is 0.119 e. The molecule has 0 spiro atoms. The molecule has 0 aromatic heterocycles. The molecule has 0 saturated carbocycles. The number of ether oxygens (including phenoxy) is 1. The van der Waals surface area contributed by atoms with E-state index in [0.717, 1.165) is 19.4 Å². The first-order chi connectivity index (χ1) is 6.79. The van der Waals surface area contributed by atoms with Crippen LogP contribution in [0.2, 0.25) is 0 Å². The third kappa shape index (κ3) is 2.18. The molecule has 0 aromatic rings. The molecular formula is C11H14ClFO. The predicted molar refractivity (Wildman–Crippen MR) is 55.0 cm³/mol. The first-order valence-corrected chi connectivity index (χ1v) is 5.56. The van der Waals surface area contributed by atoms with Gasteiger partial charge in [0, 0.05) is 12.5 Å². The Morgan fingerprint density at radius 1 is 1.50 bits per heavy atom. The van der Waals surface area contributed by atoms with Crippen molar-refractivity contribution in [3.8, 4) is 0 Å². The normalized spacial score (nSPS) is 36.4. The fraction of sp³-hybridized carbons (Fsp3) is 0.636. The van der Waals surface area contributed by atoms with Gasteiger partial charge in [-0.05, 0) is 36.8 Å². The number of allylic oxidation sites excluding steroid dienone is 4. The van der Waals surface area contributed by atoms with E-state index >= 15 is 0 Å². The summed E-state index contributed by atoms with van der Waals surface area (Å²) in [5, 5.41) is 0. The quantitative estimate of drug-likeness (QED) is 0.659. The van der Waals surface area contributed by atoms with Crippen molar-refractivity contribution in [2.45, 2.75) is 18.9 Å². The lowest BCUT2D eigenvalue weighted by Crippen LogP contribution is -2.31. The van der Waals surface area contributed by atoms with E-state index < -0.39 is 0 Å². The van der Waals surface area contributed by atoms with Crippen molar-refractivity contribution < 1.29 is 9.13 Å². The van der Waals surface area contributed by atoms with Crippen molar-refractivity contribution in [3.63, 3.8) is 0 Å². The summed E-state index contributed by atoms with van der Waals surface area (Å²) in [5.74, 6) is 0.886. The number of hydrogen-bond acceptors (Lipinski definition) is 1. The maximum absolute atomic E-state index is 13.0. The van der Waals surface area contributed by atoms with Gasteiger partial charge in [0.15, 0.2) is 0 Å². The van der Waals surface area contributed by atoms with Gasteiger partial charge in [-0.2, -0.15) is 0 Å². The molecule has 78 valence electrons. The van der Waals surface area contributed by atoms with Crippen molar-refractivity contribution in [2.75, 3.05) is 12.5 Å². The molecule has 2 unspecified atom stereocenters. The molecule has 0 amide bonds. The molecule has 1 heterocycles. The Morgan fingerprint density at radius 3 is 2.86 bits per heavy atom. The molecule has 0 radical (unpaired) electrons. The van der Waals surface area contributed by atoms with Crippen molar-refractivity contribution >= 4 is 11.6 Å². The zero-order valence-corrected chi connectivity index (χ0v) is 8.71. The average Bonchev–Trinajstić information content (AvgIpc) is 2.12. The van der Waals surface area contributed by atoms with Crippen LogP contribution in [0.1, 0.15) is 12.8 Å². The Bertz CT molecular complexity index is 258. The maximum atomic E-state index is 13.0. The van der Waals surface area contributed by atoms with E-state index in [-0.39, 0.29) is 17.7 Å². The first kappa shape index (κ1) is 10.2. The van der Waals surface area contributed by atoms with E-state index in [2.05, 4.69) is 0 Å². The van der Waals surface area contributed by atoms with Crippen molar-refractivity contribution in [1.82, 2.24) is 0 Å². The summed E-state index contributed by atoms with van der Waals surface area (Å²) in [5.41, 5.74) is 0. The molecule has 0 N–H and O–H groups in total. The molecule has 0 aromatic carbocycles. The summed E-state index contributed by atoms with van der Waals surface area (Å²) in [6.45, 7) is 0.852. The highest BCUT2D eigenvalue weighted by molar-refractivity contribution is 6.18. The second-order valence-electron chi connectivity index (χ2n) is 3.91. The fourth-order valence-electron chi connectivity index (χ4n) is 1.92. The van der Waals surface area contributed by atoms with E-state index in [4.69, 9.17) is 16.3 Å². The van der Waals surface area contributed by atoms with Gasteiger partial charge in [0.1, 0.15) is 5.83 Å². The molecule has 2 rings (SSSR count). The van der Waals surface area contributed by atoms with Gasteiger partial charge in [0.25, 0.3) is 0 Å². The van der Waals surface area contributed by atoms with Gasteiger partial charge >= 0.3 is 0 Å².